The van der Waals surface area contributed by atoms with E-state index in [1.807, 2.05) is 0 Å². The predicted molar refractivity (Wildman–Crippen MR) is 95.6 cm³/mol. The lowest BCUT2D eigenvalue weighted by Crippen LogP contribution is -2.28. The van der Waals surface area contributed by atoms with Crippen molar-refractivity contribution in [2.45, 2.75) is 12.8 Å². The second-order valence-electron chi connectivity index (χ2n) is 6.01. The maximum Gasteiger partial charge on any atom is 0.343 e. The number of hydrogen-bond acceptors (Lipinski definition) is 6. The van der Waals surface area contributed by atoms with Crippen LogP contribution in [0.15, 0.2) is 63.8 Å². The smallest absolute Gasteiger partial charge is 0.343 e. The van der Waals surface area contributed by atoms with Gasteiger partial charge in [0.25, 0.3) is 0 Å². The van der Waals surface area contributed by atoms with Crippen LogP contribution in [-0.4, -0.2) is 17.8 Å². The van der Waals surface area contributed by atoms with Gasteiger partial charge in [0.05, 0.1) is 11.3 Å². The number of carbonyl (C=O) groups is 3. The molecule has 1 aromatic heterocycles. The summed E-state index contributed by atoms with van der Waals surface area (Å²) in [6.45, 7) is 0. The number of imide groups is 1. The fourth-order valence-electron chi connectivity index (χ4n) is 2.88. The van der Waals surface area contributed by atoms with Crippen molar-refractivity contribution in [3.05, 3.63) is 70.6 Å². The molecule has 0 unspecified atom stereocenters. The van der Waals surface area contributed by atoms with Gasteiger partial charge >= 0.3 is 11.6 Å². The summed E-state index contributed by atoms with van der Waals surface area (Å²) in [5.41, 5.74) is 0.501. The molecule has 134 valence electrons. The van der Waals surface area contributed by atoms with Crippen LogP contribution in [-0.2, 0) is 9.59 Å². The van der Waals surface area contributed by atoms with Crippen molar-refractivity contribution < 1.29 is 23.5 Å². The number of nitrogens with zero attached hydrogens (tertiary/aromatic N) is 1. The van der Waals surface area contributed by atoms with Gasteiger partial charge in [0.15, 0.2) is 0 Å². The highest BCUT2D eigenvalue weighted by atomic mass is 16.5. The molecule has 1 aliphatic rings. The Labute approximate surface area is 152 Å². The molecule has 0 radical (unpaired) electrons. The molecule has 0 saturated carbocycles. The summed E-state index contributed by atoms with van der Waals surface area (Å²) in [6, 6.07) is 13.7. The van der Waals surface area contributed by atoms with Crippen LogP contribution in [0, 0.1) is 0 Å². The summed E-state index contributed by atoms with van der Waals surface area (Å²) in [5, 5.41) is 0.707. The summed E-state index contributed by atoms with van der Waals surface area (Å²) in [6.07, 6.45) is 0.390. The van der Waals surface area contributed by atoms with Gasteiger partial charge in [0, 0.05) is 30.4 Å². The molecule has 27 heavy (non-hydrogen) atoms. The summed E-state index contributed by atoms with van der Waals surface area (Å²) in [4.78, 5) is 48.2. The van der Waals surface area contributed by atoms with Crippen LogP contribution >= 0.6 is 0 Å². The maximum absolute atomic E-state index is 12.3. The van der Waals surface area contributed by atoms with E-state index in [1.165, 1.54) is 36.4 Å². The molecule has 0 aliphatic carbocycles. The molecule has 2 heterocycles. The Morgan fingerprint density at radius 3 is 2.26 bits per heavy atom. The summed E-state index contributed by atoms with van der Waals surface area (Å²) < 4.78 is 10.4. The quantitative estimate of drug-likeness (QED) is 0.307. The number of benzene rings is 2. The highest BCUT2D eigenvalue weighted by molar-refractivity contribution is 6.19. The first-order valence-electron chi connectivity index (χ1n) is 8.23. The Bertz CT molecular complexity index is 1110. The van der Waals surface area contributed by atoms with Gasteiger partial charge in [0.1, 0.15) is 11.3 Å². The SMILES string of the molecule is O=C(Oc1ccc2ccc(=O)oc2c1)c1ccc(N2C(=O)CCC2=O)cc1. The van der Waals surface area contributed by atoms with Gasteiger partial charge in [-0.25, -0.2) is 9.59 Å². The highest BCUT2D eigenvalue weighted by Gasteiger charge is 2.30. The first-order valence-corrected chi connectivity index (χ1v) is 8.23. The summed E-state index contributed by atoms with van der Waals surface area (Å²) in [5.74, 6) is -0.893. The van der Waals surface area contributed by atoms with Gasteiger partial charge in [0.2, 0.25) is 11.8 Å². The third kappa shape index (κ3) is 3.22. The molecule has 0 N–H and O–H groups in total. The summed E-state index contributed by atoms with van der Waals surface area (Å²) in [7, 11) is 0. The van der Waals surface area contributed by atoms with Crippen molar-refractivity contribution >= 4 is 34.4 Å². The molecule has 1 aliphatic heterocycles. The summed E-state index contributed by atoms with van der Waals surface area (Å²) >= 11 is 0. The van der Waals surface area contributed by atoms with E-state index in [1.54, 1.807) is 18.2 Å². The van der Waals surface area contributed by atoms with Gasteiger partial charge in [-0.3, -0.25) is 14.5 Å². The van der Waals surface area contributed by atoms with E-state index < -0.39 is 11.6 Å². The predicted octanol–water partition coefficient (Wildman–Crippen LogP) is 2.67. The average molecular weight is 363 g/mol. The van der Waals surface area contributed by atoms with Crippen LogP contribution in [0.1, 0.15) is 23.2 Å². The zero-order valence-corrected chi connectivity index (χ0v) is 14.0. The Morgan fingerprint density at radius 2 is 1.56 bits per heavy atom. The fourth-order valence-corrected chi connectivity index (χ4v) is 2.88. The van der Waals surface area contributed by atoms with Crippen LogP contribution < -0.4 is 15.3 Å². The largest absolute Gasteiger partial charge is 0.423 e. The van der Waals surface area contributed by atoms with Gasteiger partial charge in [-0.15, -0.1) is 0 Å². The molecular weight excluding hydrogens is 350 g/mol. The molecular formula is C20H13NO6. The Kier molecular flexibility index (Phi) is 4.04. The molecule has 1 fully saturated rings. The van der Waals surface area contributed by atoms with Gasteiger partial charge in [-0.2, -0.15) is 0 Å². The number of amides is 2. The minimum absolute atomic E-state index is 0.195. The van der Waals surface area contributed by atoms with Crippen molar-refractivity contribution in [3.63, 3.8) is 0 Å². The second-order valence-corrected chi connectivity index (χ2v) is 6.01. The fraction of sp³-hybridized carbons (Fsp3) is 0.100. The molecule has 7 nitrogen and oxygen atoms in total. The van der Waals surface area contributed by atoms with E-state index in [0.717, 1.165) is 4.90 Å². The molecule has 0 bridgehead atoms. The lowest BCUT2D eigenvalue weighted by molar-refractivity contribution is -0.121. The van der Waals surface area contributed by atoms with Gasteiger partial charge < -0.3 is 9.15 Å². The first kappa shape index (κ1) is 16.7. The number of carbonyl (C=O) groups excluding carboxylic acids is 3. The normalized spacial score (nSPS) is 14.0. The van der Waals surface area contributed by atoms with Crippen molar-refractivity contribution in [2.24, 2.45) is 0 Å². The molecule has 0 atom stereocenters. The van der Waals surface area contributed by atoms with E-state index in [4.69, 9.17) is 9.15 Å². The number of hydrogen-bond donors (Lipinski definition) is 0. The Hall–Kier alpha value is -3.74. The monoisotopic (exact) mass is 363 g/mol. The zero-order chi connectivity index (χ0) is 19.0. The number of ether oxygens (including phenoxy) is 1. The lowest BCUT2D eigenvalue weighted by atomic mass is 10.2. The molecule has 1 saturated heterocycles. The lowest BCUT2D eigenvalue weighted by Gasteiger charge is -2.14. The third-order valence-electron chi connectivity index (χ3n) is 4.22. The van der Waals surface area contributed by atoms with E-state index >= 15 is 0 Å². The molecule has 7 heteroatoms. The minimum Gasteiger partial charge on any atom is -0.423 e. The topological polar surface area (TPSA) is 93.9 Å². The number of anilines is 1. The van der Waals surface area contributed by atoms with Crippen molar-refractivity contribution in [3.8, 4) is 5.75 Å². The van der Waals surface area contributed by atoms with Crippen molar-refractivity contribution in [1.82, 2.24) is 0 Å². The van der Waals surface area contributed by atoms with Crippen LogP contribution in [0.3, 0.4) is 0 Å². The molecule has 2 aromatic carbocycles. The zero-order valence-electron chi connectivity index (χ0n) is 14.0. The number of esters is 1. The van der Waals surface area contributed by atoms with Crippen LogP contribution in [0.5, 0.6) is 5.75 Å². The molecule has 4 rings (SSSR count). The van der Waals surface area contributed by atoms with E-state index in [9.17, 15) is 19.2 Å². The van der Waals surface area contributed by atoms with Gasteiger partial charge in [-0.1, -0.05) is 0 Å². The molecule has 3 aromatic rings. The number of rotatable bonds is 3. The van der Waals surface area contributed by atoms with E-state index in [-0.39, 0.29) is 36.0 Å². The molecule has 2 amide bonds. The van der Waals surface area contributed by atoms with Crippen molar-refractivity contribution in [2.75, 3.05) is 4.90 Å². The average Bonchev–Trinajstić information content (AvgIpc) is 3.00. The minimum atomic E-state index is -0.613. The molecule has 0 spiro atoms. The Morgan fingerprint density at radius 1 is 0.889 bits per heavy atom. The Balaban J connectivity index is 1.54. The second kappa shape index (κ2) is 6.53. The third-order valence-corrected chi connectivity index (χ3v) is 4.22. The number of fused-ring (bicyclic) bond motifs is 1. The van der Waals surface area contributed by atoms with Crippen LogP contribution in [0.2, 0.25) is 0 Å². The highest BCUT2D eigenvalue weighted by Crippen LogP contribution is 2.24. The van der Waals surface area contributed by atoms with E-state index in [0.29, 0.717) is 16.7 Å². The van der Waals surface area contributed by atoms with Gasteiger partial charge in [-0.05, 0) is 42.5 Å². The van der Waals surface area contributed by atoms with Crippen molar-refractivity contribution in [1.29, 1.82) is 0 Å². The first-order chi connectivity index (χ1) is 13.0. The standard InChI is InChI=1S/C20H13NO6/c22-17-8-9-18(23)21(17)14-5-1-13(2-6-14)20(25)26-15-7-3-12-4-10-19(24)27-16(12)11-15/h1-7,10-11H,8-9H2. The van der Waals surface area contributed by atoms with Crippen LogP contribution in [0.25, 0.3) is 11.0 Å². The van der Waals surface area contributed by atoms with E-state index in [2.05, 4.69) is 0 Å². The maximum atomic E-state index is 12.3. The van der Waals surface area contributed by atoms with Crippen LogP contribution in [0.4, 0.5) is 5.69 Å².